The average Bonchev–Trinajstić information content (AvgIpc) is 2.33. The number of nitrogens with zero attached hydrogens (tertiary/aromatic N) is 2. The fourth-order valence-corrected chi connectivity index (χ4v) is 1.93. The van der Waals surface area contributed by atoms with E-state index < -0.39 is 5.82 Å². The molecule has 0 radical (unpaired) electrons. The van der Waals surface area contributed by atoms with Gasteiger partial charge in [-0.3, -0.25) is 0 Å². The van der Waals surface area contributed by atoms with Crippen molar-refractivity contribution in [3.63, 3.8) is 0 Å². The summed E-state index contributed by atoms with van der Waals surface area (Å²) in [6.45, 7) is 1.78. The Labute approximate surface area is 123 Å². The molecule has 3 N–H and O–H groups in total. The van der Waals surface area contributed by atoms with Crippen molar-refractivity contribution in [3.05, 3.63) is 45.9 Å². The number of aryl methyl sites for hydroxylation is 1. The molecular weight excluding hydrogens is 331 g/mol. The molecule has 2 aromatic rings. The monoisotopic (exact) mass is 340 g/mol. The van der Waals surface area contributed by atoms with E-state index in [-0.39, 0.29) is 16.6 Å². The van der Waals surface area contributed by atoms with Gasteiger partial charge in [0.15, 0.2) is 0 Å². The van der Waals surface area contributed by atoms with Gasteiger partial charge in [-0.05, 0) is 31.2 Å². The minimum Gasteiger partial charge on any atom is -0.388 e. The van der Waals surface area contributed by atoms with Crippen LogP contribution in [0.3, 0.4) is 0 Å². The fourth-order valence-electron chi connectivity index (χ4n) is 1.46. The van der Waals surface area contributed by atoms with E-state index in [0.29, 0.717) is 11.4 Å². The zero-order valence-corrected chi connectivity index (χ0v) is 12.3. The molecule has 0 bridgehead atoms. The van der Waals surface area contributed by atoms with E-state index in [2.05, 4.69) is 31.2 Å². The molecule has 7 heteroatoms. The van der Waals surface area contributed by atoms with Gasteiger partial charge >= 0.3 is 0 Å². The normalized spacial score (nSPS) is 10.3. The molecule has 4 nitrogen and oxygen atoms in total. The molecule has 0 aliphatic heterocycles. The van der Waals surface area contributed by atoms with Crippen molar-refractivity contribution in [1.82, 2.24) is 9.97 Å². The van der Waals surface area contributed by atoms with Crippen LogP contribution in [0.1, 0.15) is 11.4 Å². The zero-order chi connectivity index (χ0) is 14.0. The van der Waals surface area contributed by atoms with Crippen LogP contribution in [0.15, 0.2) is 28.7 Å². The third-order valence-corrected chi connectivity index (χ3v) is 2.98. The van der Waals surface area contributed by atoms with Crippen LogP contribution < -0.4 is 11.1 Å². The molecule has 1 aromatic heterocycles. The van der Waals surface area contributed by atoms with Gasteiger partial charge in [-0.2, -0.15) is 0 Å². The standard InChI is InChI=1S/C12H10BrFN4S/c1-6-4-10(11(15)19)18-12(16-6)17-9-5-7(13)2-3-8(9)14/h2-5H,1H3,(H2,15,19)(H,16,17,18). The Morgan fingerprint density at radius 1 is 1.37 bits per heavy atom. The quantitative estimate of drug-likeness (QED) is 0.840. The van der Waals surface area contributed by atoms with E-state index >= 15 is 0 Å². The molecule has 2 rings (SSSR count). The van der Waals surface area contributed by atoms with Gasteiger partial charge in [0, 0.05) is 10.2 Å². The third kappa shape index (κ3) is 3.45. The number of hydrogen-bond donors (Lipinski definition) is 2. The first-order valence-corrected chi connectivity index (χ1v) is 6.53. The molecule has 0 fully saturated rings. The minimum absolute atomic E-state index is 0.170. The highest BCUT2D eigenvalue weighted by Gasteiger charge is 2.08. The second kappa shape index (κ2) is 5.58. The Kier molecular flexibility index (Phi) is 4.06. The Balaban J connectivity index is 2.38. The van der Waals surface area contributed by atoms with Gasteiger partial charge in [0.25, 0.3) is 0 Å². The number of anilines is 2. The van der Waals surface area contributed by atoms with Crippen LogP contribution in [0.25, 0.3) is 0 Å². The van der Waals surface area contributed by atoms with E-state index in [1.807, 2.05) is 0 Å². The van der Waals surface area contributed by atoms with Crippen molar-refractivity contribution < 1.29 is 4.39 Å². The number of nitrogens with two attached hydrogens (primary N) is 1. The van der Waals surface area contributed by atoms with Gasteiger partial charge < -0.3 is 11.1 Å². The first-order chi connectivity index (χ1) is 8.95. The molecule has 0 saturated heterocycles. The fraction of sp³-hybridized carbons (Fsp3) is 0.0833. The molecule has 0 aliphatic rings. The minimum atomic E-state index is -0.398. The van der Waals surface area contributed by atoms with Crippen LogP contribution >= 0.6 is 28.1 Å². The highest BCUT2D eigenvalue weighted by atomic mass is 79.9. The molecule has 1 heterocycles. The zero-order valence-electron chi connectivity index (χ0n) is 9.95. The summed E-state index contributed by atoms with van der Waals surface area (Å²) in [5.41, 5.74) is 6.94. The Morgan fingerprint density at radius 2 is 2.11 bits per heavy atom. The van der Waals surface area contributed by atoms with Crippen LogP contribution in [-0.4, -0.2) is 15.0 Å². The molecule has 98 valence electrons. The molecule has 0 aliphatic carbocycles. The number of halogens is 2. The molecule has 1 aromatic carbocycles. The molecule has 0 unspecified atom stereocenters. The predicted octanol–water partition coefficient (Wildman–Crippen LogP) is 3.06. The van der Waals surface area contributed by atoms with Crippen LogP contribution in [0.5, 0.6) is 0 Å². The second-order valence-electron chi connectivity index (χ2n) is 3.83. The van der Waals surface area contributed by atoms with Gasteiger partial charge in [-0.15, -0.1) is 0 Å². The van der Waals surface area contributed by atoms with Crippen molar-refractivity contribution in [1.29, 1.82) is 0 Å². The highest BCUT2D eigenvalue weighted by Crippen LogP contribution is 2.22. The SMILES string of the molecule is Cc1cc(C(N)=S)nc(Nc2cc(Br)ccc2F)n1. The smallest absolute Gasteiger partial charge is 0.228 e. The maximum absolute atomic E-state index is 13.6. The Hall–Kier alpha value is -1.60. The number of thiocarbonyl (C=S) groups is 1. The van der Waals surface area contributed by atoms with Gasteiger partial charge in [-0.25, -0.2) is 14.4 Å². The van der Waals surface area contributed by atoms with Crippen molar-refractivity contribution >= 4 is 44.8 Å². The lowest BCUT2D eigenvalue weighted by Gasteiger charge is -2.08. The second-order valence-corrected chi connectivity index (χ2v) is 5.19. The maximum atomic E-state index is 13.6. The summed E-state index contributed by atoms with van der Waals surface area (Å²) in [6.07, 6.45) is 0. The topological polar surface area (TPSA) is 63.8 Å². The largest absolute Gasteiger partial charge is 0.388 e. The van der Waals surface area contributed by atoms with Crippen LogP contribution in [0.4, 0.5) is 16.0 Å². The molecule has 0 amide bonds. The van der Waals surface area contributed by atoms with Crippen molar-refractivity contribution in [3.8, 4) is 0 Å². The van der Waals surface area contributed by atoms with E-state index in [4.69, 9.17) is 18.0 Å². The van der Waals surface area contributed by atoms with Crippen LogP contribution in [-0.2, 0) is 0 Å². The lowest BCUT2D eigenvalue weighted by molar-refractivity contribution is 0.631. The number of aromatic nitrogens is 2. The molecular formula is C12H10BrFN4S. The summed E-state index contributed by atoms with van der Waals surface area (Å²) in [7, 11) is 0. The summed E-state index contributed by atoms with van der Waals surface area (Å²) in [5.74, 6) is -0.148. The number of rotatable bonds is 3. The average molecular weight is 341 g/mol. The Bertz CT molecular complexity index is 648. The van der Waals surface area contributed by atoms with Crippen LogP contribution in [0.2, 0.25) is 0 Å². The summed E-state index contributed by atoms with van der Waals surface area (Å²) in [4.78, 5) is 8.46. The van der Waals surface area contributed by atoms with Crippen molar-refractivity contribution in [2.45, 2.75) is 6.92 Å². The van der Waals surface area contributed by atoms with Crippen LogP contribution in [0, 0.1) is 12.7 Å². The summed E-state index contributed by atoms with van der Waals surface area (Å²) in [6, 6.07) is 6.22. The third-order valence-electron chi connectivity index (χ3n) is 2.28. The summed E-state index contributed by atoms with van der Waals surface area (Å²) in [5, 5.41) is 2.81. The first kappa shape index (κ1) is 13.8. The van der Waals surface area contributed by atoms with Crippen molar-refractivity contribution in [2.75, 3.05) is 5.32 Å². The summed E-state index contributed by atoms with van der Waals surface area (Å²) < 4.78 is 14.4. The maximum Gasteiger partial charge on any atom is 0.228 e. The van der Waals surface area contributed by atoms with Gasteiger partial charge in [0.05, 0.1) is 5.69 Å². The molecule has 0 atom stereocenters. The molecule has 0 saturated carbocycles. The van der Waals surface area contributed by atoms with Gasteiger partial charge in [0.1, 0.15) is 16.5 Å². The summed E-state index contributed by atoms with van der Waals surface area (Å²) >= 11 is 8.14. The molecule has 19 heavy (non-hydrogen) atoms. The number of nitrogens with one attached hydrogen (secondary N) is 1. The lowest BCUT2D eigenvalue weighted by Crippen LogP contribution is -2.14. The van der Waals surface area contributed by atoms with E-state index in [9.17, 15) is 4.39 Å². The van der Waals surface area contributed by atoms with Gasteiger partial charge in [0.2, 0.25) is 5.95 Å². The van der Waals surface area contributed by atoms with Crippen molar-refractivity contribution in [2.24, 2.45) is 5.73 Å². The predicted molar refractivity (Wildman–Crippen MR) is 80.0 cm³/mol. The lowest BCUT2D eigenvalue weighted by atomic mass is 10.3. The number of benzene rings is 1. The van der Waals surface area contributed by atoms with Gasteiger partial charge in [-0.1, -0.05) is 28.1 Å². The van der Waals surface area contributed by atoms with E-state index in [1.165, 1.54) is 6.07 Å². The first-order valence-electron chi connectivity index (χ1n) is 5.33. The van der Waals surface area contributed by atoms with E-state index in [1.54, 1.807) is 25.1 Å². The highest BCUT2D eigenvalue weighted by molar-refractivity contribution is 9.10. The molecule has 0 spiro atoms. The van der Waals surface area contributed by atoms with E-state index in [0.717, 1.165) is 4.47 Å². The number of hydrogen-bond acceptors (Lipinski definition) is 4. The Morgan fingerprint density at radius 3 is 2.79 bits per heavy atom.